The molecule has 3 nitrogen and oxygen atoms in total. The highest BCUT2D eigenvalue weighted by Gasteiger charge is 2.43. The number of carbonyl (C=O) groups is 1. The Bertz CT molecular complexity index is 528. The van der Waals surface area contributed by atoms with Crippen molar-refractivity contribution in [3.63, 3.8) is 0 Å². The maximum absolute atomic E-state index is 12.8. The van der Waals surface area contributed by atoms with Gasteiger partial charge in [0.15, 0.2) is 0 Å². The molecule has 1 aliphatic carbocycles. The van der Waals surface area contributed by atoms with Crippen molar-refractivity contribution in [2.75, 3.05) is 5.32 Å². The van der Waals surface area contributed by atoms with Gasteiger partial charge in [-0.2, -0.15) is 13.2 Å². The number of aromatic hydroxyl groups is 1. The standard InChI is InChI=1S/C15H18F3NO2/c1-9-12(6-3-7-13(9)20)19-14(21)10-4-2-5-11(8-10)15(16,17)18/h3,6-7,10-11,20H,2,4-5,8H2,1H3,(H,19,21). The number of carbonyl (C=O) groups excluding carboxylic acids is 1. The minimum absolute atomic E-state index is 0.0459. The van der Waals surface area contributed by atoms with E-state index >= 15 is 0 Å². The van der Waals surface area contributed by atoms with Gasteiger partial charge in [-0.3, -0.25) is 4.79 Å². The maximum atomic E-state index is 12.8. The Morgan fingerprint density at radius 3 is 2.71 bits per heavy atom. The fourth-order valence-corrected chi connectivity index (χ4v) is 2.72. The molecule has 6 heteroatoms. The zero-order valence-corrected chi connectivity index (χ0v) is 11.7. The normalized spacial score (nSPS) is 22.9. The molecule has 1 saturated carbocycles. The van der Waals surface area contributed by atoms with E-state index in [0.29, 0.717) is 24.1 Å². The lowest BCUT2D eigenvalue weighted by Crippen LogP contribution is -2.34. The topological polar surface area (TPSA) is 49.3 Å². The number of anilines is 1. The van der Waals surface area contributed by atoms with Crippen LogP contribution in [0.3, 0.4) is 0 Å². The third-order valence-electron chi connectivity index (χ3n) is 4.07. The van der Waals surface area contributed by atoms with Gasteiger partial charge in [0, 0.05) is 17.2 Å². The summed E-state index contributed by atoms with van der Waals surface area (Å²) in [6.07, 6.45) is -3.43. The number of alkyl halides is 3. The van der Waals surface area contributed by atoms with E-state index in [1.54, 1.807) is 19.1 Å². The first-order valence-electron chi connectivity index (χ1n) is 6.95. The molecule has 0 heterocycles. The molecule has 2 atom stereocenters. The van der Waals surface area contributed by atoms with Gasteiger partial charge in [0.05, 0.1) is 5.92 Å². The summed E-state index contributed by atoms with van der Waals surface area (Å²) in [5.74, 6) is -2.39. The van der Waals surface area contributed by atoms with Gasteiger partial charge >= 0.3 is 6.18 Å². The van der Waals surface area contributed by atoms with E-state index < -0.39 is 23.9 Å². The van der Waals surface area contributed by atoms with E-state index in [1.165, 1.54) is 6.07 Å². The first-order chi connectivity index (χ1) is 9.79. The van der Waals surface area contributed by atoms with Crippen molar-refractivity contribution < 1.29 is 23.1 Å². The van der Waals surface area contributed by atoms with E-state index in [9.17, 15) is 23.1 Å². The first-order valence-corrected chi connectivity index (χ1v) is 6.95. The van der Waals surface area contributed by atoms with Gasteiger partial charge in [-0.25, -0.2) is 0 Å². The van der Waals surface area contributed by atoms with Crippen LogP contribution in [-0.4, -0.2) is 17.2 Å². The lowest BCUT2D eigenvalue weighted by molar-refractivity contribution is -0.185. The Morgan fingerprint density at radius 1 is 1.33 bits per heavy atom. The van der Waals surface area contributed by atoms with Crippen LogP contribution in [0.25, 0.3) is 0 Å². The quantitative estimate of drug-likeness (QED) is 0.867. The van der Waals surface area contributed by atoms with Gasteiger partial charge in [0.1, 0.15) is 5.75 Å². The van der Waals surface area contributed by atoms with E-state index in [1.807, 2.05) is 0 Å². The van der Waals surface area contributed by atoms with Crippen molar-refractivity contribution in [1.82, 2.24) is 0 Å². The summed E-state index contributed by atoms with van der Waals surface area (Å²) in [4.78, 5) is 12.1. The van der Waals surface area contributed by atoms with Crippen LogP contribution in [-0.2, 0) is 4.79 Å². The minimum atomic E-state index is -4.24. The largest absolute Gasteiger partial charge is 0.508 e. The number of amides is 1. The highest BCUT2D eigenvalue weighted by atomic mass is 19.4. The van der Waals surface area contributed by atoms with Crippen LogP contribution in [0.1, 0.15) is 31.2 Å². The Balaban J connectivity index is 2.05. The lowest BCUT2D eigenvalue weighted by atomic mass is 9.80. The molecule has 0 saturated heterocycles. The molecular formula is C15H18F3NO2. The molecule has 2 N–H and O–H groups in total. The van der Waals surface area contributed by atoms with Crippen molar-refractivity contribution in [3.05, 3.63) is 23.8 Å². The van der Waals surface area contributed by atoms with Crippen molar-refractivity contribution in [2.45, 2.75) is 38.8 Å². The summed E-state index contributed by atoms with van der Waals surface area (Å²) < 4.78 is 38.3. The van der Waals surface area contributed by atoms with Crippen molar-refractivity contribution in [2.24, 2.45) is 11.8 Å². The van der Waals surface area contributed by atoms with Crippen molar-refractivity contribution in [1.29, 1.82) is 0 Å². The second-order valence-electron chi connectivity index (χ2n) is 5.54. The number of hydrogen-bond donors (Lipinski definition) is 2. The van der Waals surface area contributed by atoms with Crippen LogP contribution in [0.2, 0.25) is 0 Å². The third-order valence-corrected chi connectivity index (χ3v) is 4.07. The average Bonchev–Trinajstić information content (AvgIpc) is 2.43. The lowest BCUT2D eigenvalue weighted by Gasteiger charge is -2.29. The molecule has 0 radical (unpaired) electrons. The second-order valence-corrected chi connectivity index (χ2v) is 5.54. The Hall–Kier alpha value is -1.72. The van der Waals surface area contributed by atoms with Crippen LogP contribution in [0.15, 0.2) is 18.2 Å². The summed E-state index contributed by atoms with van der Waals surface area (Å²) in [5, 5.41) is 12.2. The van der Waals surface area contributed by atoms with Gasteiger partial charge in [0.25, 0.3) is 0 Å². The number of hydrogen-bond acceptors (Lipinski definition) is 2. The molecule has 0 spiro atoms. The molecule has 2 unspecified atom stereocenters. The van der Waals surface area contributed by atoms with Gasteiger partial charge in [-0.05, 0) is 38.3 Å². The SMILES string of the molecule is Cc1c(O)cccc1NC(=O)C1CCCC(C(F)(F)F)C1. The summed E-state index contributed by atoms with van der Waals surface area (Å²) in [7, 11) is 0. The Labute approximate surface area is 121 Å². The smallest absolute Gasteiger partial charge is 0.391 e. The summed E-state index contributed by atoms with van der Waals surface area (Å²) in [5.41, 5.74) is 0.947. The highest BCUT2D eigenvalue weighted by molar-refractivity contribution is 5.93. The molecule has 1 fully saturated rings. The molecule has 2 rings (SSSR count). The number of nitrogens with one attached hydrogen (secondary N) is 1. The van der Waals surface area contributed by atoms with Gasteiger partial charge in [-0.15, -0.1) is 0 Å². The molecule has 0 bridgehead atoms. The average molecular weight is 301 g/mol. The predicted molar refractivity (Wildman–Crippen MR) is 73.0 cm³/mol. The van der Waals surface area contributed by atoms with E-state index in [-0.39, 0.29) is 18.6 Å². The summed E-state index contributed by atoms with van der Waals surface area (Å²) >= 11 is 0. The molecule has 0 aliphatic heterocycles. The van der Waals surface area contributed by atoms with Crippen LogP contribution in [0, 0.1) is 18.8 Å². The van der Waals surface area contributed by atoms with Gasteiger partial charge in [0.2, 0.25) is 5.91 Å². The molecule has 21 heavy (non-hydrogen) atoms. The zero-order valence-electron chi connectivity index (χ0n) is 11.7. The Kier molecular flexibility index (Phi) is 4.44. The minimum Gasteiger partial charge on any atom is -0.508 e. The number of phenolic OH excluding ortho intramolecular Hbond substituents is 1. The fourth-order valence-electron chi connectivity index (χ4n) is 2.72. The number of phenols is 1. The molecule has 1 aromatic rings. The second kappa shape index (κ2) is 5.95. The predicted octanol–water partition coefficient (Wildman–Crippen LogP) is 4.01. The Morgan fingerprint density at radius 2 is 2.05 bits per heavy atom. The molecule has 1 aliphatic rings. The third kappa shape index (κ3) is 3.68. The van der Waals surface area contributed by atoms with Crippen molar-refractivity contribution >= 4 is 11.6 Å². The zero-order chi connectivity index (χ0) is 15.6. The molecule has 116 valence electrons. The maximum Gasteiger partial charge on any atom is 0.391 e. The van der Waals surface area contributed by atoms with E-state index in [4.69, 9.17) is 0 Å². The molecule has 1 aromatic carbocycles. The van der Waals surface area contributed by atoms with Crippen LogP contribution < -0.4 is 5.32 Å². The number of rotatable bonds is 2. The van der Waals surface area contributed by atoms with E-state index in [2.05, 4.69) is 5.32 Å². The number of halogens is 3. The van der Waals surface area contributed by atoms with Crippen LogP contribution in [0.4, 0.5) is 18.9 Å². The van der Waals surface area contributed by atoms with Gasteiger partial charge < -0.3 is 10.4 Å². The molecule has 0 aromatic heterocycles. The molecular weight excluding hydrogens is 283 g/mol. The molecule has 1 amide bonds. The van der Waals surface area contributed by atoms with Crippen LogP contribution in [0.5, 0.6) is 5.75 Å². The summed E-state index contributed by atoms with van der Waals surface area (Å²) in [6.45, 7) is 1.64. The highest BCUT2D eigenvalue weighted by Crippen LogP contribution is 2.40. The number of benzene rings is 1. The fraction of sp³-hybridized carbons (Fsp3) is 0.533. The van der Waals surface area contributed by atoms with Crippen molar-refractivity contribution in [3.8, 4) is 5.75 Å². The van der Waals surface area contributed by atoms with Crippen LogP contribution >= 0.6 is 0 Å². The van der Waals surface area contributed by atoms with Gasteiger partial charge in [-0.1, -0.05) is 12.5 Å². The first kappa shape index (κ1) is 15.7. The summed E-state index contributed by atoms with van der Waals surface area (Å²) in [6, 6.07) is 4.69. The monoisotopic (exact) mass is 301 g/mol. The van der Waals surface area contributed by atoms with E-state index in [0.717, 1.165) is 0 Å².